The second-order valence-corrected chi connectivity index (χ2v) is 4.29. The standard InChI is InChI=1S/C15H15FN2O3/c1-2-21-14-9-4-3-7-12(14)17-10-11-6-5-8-13(15(11)16)18(19)20/h3-9,17H,2,10H2,1H3. The molecule has 0 aliphatic carbocycles. The zero-order valence-electron chi connectivity index (χ0n) is 11.5. The van der Waals surface area contributed by atoms with Crippen molar-refractivity contribution >= 4 is 11.4 Å². The van der Waals surface area contributed by atoms with Crippen LogP contribution in [-0.4, -0.2) is 11.5 Å². The van der Waals surface area contributed by atoms with Gasteiger partial charge in [-0.15, -0.1) is 0 Å². The van der Waals surface area contributed by atoms with Crippen molar-refractivity contribution in [2.45, 2.75) is 13.5 Å². The highest BCUT2D eigenvalue weighted by atomic mass is 19.1. The summed E-state index contributed by atoms with van der Waals surface area (Å²) in [5.74, 6) is -0.158. The summed E-state index contributed by atoms with van der Waals surface area (Å²) >= 11 is 0. The Labute approximate surface area is 121 Å². The number of anilines is 1. The third kappa shape index (κ3) is 3.47. The van der Waals surface area contributed by atoms with Gasteiger partial charge in [-0.1, -0.05) is 24.3 Å². The lowest BCUT2D eigenvalue weighted by Gasteiger charge is -2.12. The van der Waals surface area contributed by atoms with Crippen molar-refractivity contribution in [3.63, 3.8) is 0 Å². The summed E-state index contributed by atoms with van der Waals surface area (Å²) < 4.78 is 19.4. The molecule has 0 heterocycles. The van der Waals surface area contributed by atoms with Gasteiger partial charge in [-0.05, 0) is 19.1 Å². The van der Waals surface area contributed by atoms with Gasteiger partial charge < -0.3 is 10.1 Å². The van der Waals surface area contributed by atoms with Crippen LogP contribution < -0.4 is 10.1 Å². The normalized spacial score (nSPS) is 10.2. The third-order valence-corrected chi connectivity index (χ3v) is 2.91. The molecule has 0 saturated heterocycles. The lowest BCUT2D eigenvalue weighted by Crippen LogP contribution is -2.05. The number of halogens is 1. The van der Waals surface area contributed by atoms with Gasteiger partial charge >= 0.3 is 5.69 Å². The summed E-state index contributed by atoms with van der Waals surface area (Å²) in [4.78, 5) is 9.98. The highest BCUT2D eigenvalue weighted by molar-refractivity contribution is 5.56. The molecule has 0 aromatic heterocycles. The fourth-order valence-corrected chi connectivity index (χ4v) is 1.93. The fourth-order valence-electron chi connectivity index (χ4n) is 1.93. The molecule has 21 heavy (non-hydrogen) atoms. The molecule has 2 aromatic carbocycles. The molecule has 0 unspecified atom stereocenters. The molecular weight excluding hydrogens is 275 g/mol. The fraction of sp³-hybridized carbons (Fsp3) is 0.200. The molecule has 6 heteroatoms. The average Bonchev–Trinajstić information content (AvgIpc) is 2.47. The number of nitro benzene ring substituents is 1. The number of rotatable bonds is 6. The van der Waals surface area contributed by atoms with E-state index in [1.807, 2.05) is 19.1 Å². The summed E-state index contributed by atoms with van der Waals surface area (Å²) in [6.07, 6.45) is 0. The van der Waals surface area contributed by atoms with Crippen LogP contribution in [0.3, 0.4) is 0 Å². The quantitative estimate of drug-likeness (QED) is 0.650. The SMILES string of the molecule is CCOc1ccccc1NCc1cccc([N+](=O)[O-])c1F. The van der Waals surface area contributed by atoms with Crippen LogP contribution in [0.2, 0.25) is 0 Å². The summed E-state index contributed by atoms with van der Waals surface area (Å²) in [5.41, 5.74) is 0.424. The molecule has 0 amide bonds. The van der Waals surface area contributed by atoms with Crippen molar-refractivity contribution in [3.05, 3.63) is 64.0 Å². The molecule has 0 saturated carbocycles. The number of nitro groups is 1. The zero-order chi connectivity index (χ0) is 15.2. The van der Waals surface area contributed by atoms with Gasteiger partial charge in [-0.25, -0.2) is 0 Å². The maximum Gasteiger partial charge on any atom is 0.305 e. The van der Waals surface area contributed by atoms with Crippen LogP contribution in [-0.2, 0) is 6.54 Å². The topological polar surface area (TPSA) is 64.4 Å². The molecule has 2 rings (SSSR count). The molecule has 0 aliphatic heterocycles. The number of nitrogens with zero attached hydrogens (tertiary/aromatic N) is 1. The maximum atomic E-state index is 14.0. The van der Waals surface area contributed by atoms with Crippen LogP contribution in [0.5, 0.6) is 5.75 Å². The first kappa shape index (κ1) is 14.8. The van der Waals surface area contributed by atoms with Gasteiger partial charge in [-0.2, -0.15) is 4.39 Å². The molecule has 0 radical (unpaired) electrons. The van der Waals surface area contributed by atoms with E-state index >= 15 is 0 Å². The highest BCUT2D eigenvalue weighted by Gasteiger charge is 2.17. The van der Waals surface area contributed by atoms with Gasteiger partial charge in [0.2, 0.25) is 5.82 Å². The number of benzene rings is 2. The Morgan fingerprint density at radius 3 is 2.71 bits per heavy atom. The summed E-state index contributed by atoms with van der Waals surface area (Å²) in [6, 6.07) is 11.4. The molecule has 0 aliphatic rings. The first-order valence-corrected chi connectivity index (χ1v) is 6.51. The minimum atomic E-state index is -0.816. The van der Waals surface area contributed by atoms with Crippen LogP contribution in [0.25, 0.3) is 0 Å². The van der Waals surface area contributed by atoms with Gasteiger partial charge in [-0.3, -0.25) is 10.1 Å². The van der Waals surface area contributed by atoms with Crippen molar-refractivity contribution < 1.29 is 14.1 Å². The lowest BCUT2D eigenvalue weighted by atomic mass is 10.1. The minimum Gasteiger partial charge on any atom is -0.492 e. The monoisotopic (exact) mass is 290 g/mol. The summed E-state index contributed by atoms with van der Waals surface area (Å²) in [5, 5.41) is 13.7. The Balaban J connectivity index is 2.17. The van der Waals surface area contributed by atoms with Crippen LogP contribution in [0, 0.1) is 15.9 Å². The van der Waals surface area contributed by atoms with Crippen LogP contribution >= 0.6 is 0 Å². The van der Waals surface area contributed by atoms with E-state index in [4.69, 9.17) is 4.74 Å². The van der Waals surface area contributed by atoms with Crippen molar-refractivity contribution in [2.24, 2.45) is 0 Å². The molecule has 110 valence electrons. The Kier molecular flexibility index (Phi) is 4.71. The molecule has 0 spiro atoms. The van der Waals surface area contributed by atoms with E-state index in [1.165, 1.54) is 12.1 Å². The van der Waals surface area contributed by atoms with E-state index in [0.717, 1.165) is 6.07 Å². The average molecular weight is 290 g/mol. The van der Waals surface area contributed by atoms with Crippen molar-refractivity contribution in [3.8, 4) is 5.75 Å². The number of hydrogen-bond acceptors (Lipinski definition) is 4. The predicted molar refractivity (Wildman–Crippen MR) is 78.0 cm³/mol. The number of nitrogens with one attached hydrogen (secondary N) is 1. The molecule has 0 bridgehead atoms. The van der Waals surface area contributed by atoms with Gasteiger partial charge in [0, 0.05) is 18.2 Å². The number of para-hydroxylation sites is 2. The predicted octanol–water partition coefficient (Wildman–Crippen LogP) is 3.74. The molecular formula is C15H15FN2O3. The van der Waals surface area contributed by atoms with Gasteiger partial charge in [0.25, 0.3) is 0 Å². The van der Waals surface area contributed by atoms with Gasteiger partial charge in [0.05, 0.1) is 17.2 Å². The smallest absolute Gasteiger partial charge is 0.305 e. The first-order valence-electron chi connectivity index (χ1n) is 6.51. The maximum absolute atomic E-state index is 14.0. The van der Waals surface area contributed by atoms with E-state index < -0.39 is 16.4 Å². The Morgan fingerprint density at radius 2 is 2.00 bits per heavy atom. The number of hydrogen-bond donors (Lipinski definition) is 1. The molecule has 0 fully saturated rings. The van der Waals surface area contributed by atoms with E-state index in [0.29, 0.717) is 18.0 Å². The van der Waals surface area contributed by atoms with Crippen molar-refractivity contribution in [2.75, 3.05) is 11.9 Å². The minimum absolute atomic E-state index is 0.137. The largest absolute Gasteiger partial charge is 0.492 e. The summed E-state index contributed by atoms with van der Waals surface area (Å²) in [6.45, 7) is 2.53. The van der Waals surface area contributed by atoms with Gasteiger partial charge in [0.15, 0.2) is 0 Å². The van der Waals surface area contributed by atoms with Crippen LogP contribution in [0.4, 0.5) is 15.8 Å². The molecule has 0 atom stereocenters. The second-order valence-electron chi connectivity index (χ2n) is 4.29. The highest BCUT2D eigenvalue weighted by Crippen LogP contribution is 2.26. The molecule has 5 nitrogen and oxygen atoms in total. The van der Waals surface area contributed by atoms with Gasteiger partial charge in [0.1, 0.15) is 5.75 Å². The van der Waals surface area contributed by atoms with Crippen molar-refractivity contribution in [1.82, 2.24) is 0 Å². The molecule has 2 aromatic rings. The first-order chi connectivity index (χ1) is 10.1. The number of ether oxygens (including phenoxy) is 1. The lowest BCUT2D eigenvalue weighted by molar-refractivity contribution is -0.387. The Hall–Kier alpha value is -2.63. The van der Waals surface area contributed by atoms with E-state index in [1.54, 1.807) is 12.1 Å². The van der Waals surface area contributed by atoms with E-state index in [9.17, 15) is 14.5 Å². The Bertz CT molecular complexity index is 647. The van der Waals surface area contributed by atoms with E-state index in [-0.39, 0.29) is 12.1 Å². The second kappa shape index (κ2) is 6.69. The van der Waals surface area contributed by atoms with E-state index in [2.05, 4.69) is 5.32 Å². The van der Waals surface area contributed by atoms with Crippen molar-refractivity contribution in [1.29, 1.82) is 0 Å². The molecule has 1 N–H and O–H groups in total. The third-order valence-electron chi connectivity index (χ3n) is 2.91. The van der Waals surface area contributed by atoms with Crippen LogP contribution in [0.15, 0.2) is 42.5 Å². The Morgan fingerprint density at radius 1 is 1.24 bits per heavy atom. The van der Waals surface area contributed by atoms with Crippen LogP contribution in [0.1, 0.15) is 12.5 Å². The zero-order valence-corrected chi connectivity index (χ0v) is 11.5. The summed E-state index contributed by atoms with van der Waals surface area (Å²) in [7, 11) is 0.